The first-order chi connectivity index (χ1) is 11.0. The zero-order chi connectivity index (χ0) is 16.4. The van der Waals surface area contributed by atoms with Crippen LogP contribution in [-0.4, -0.2) is 17.0 Å². The third-order valence-corrected chi connectivity index (χ3v) is 4.88. The Morgan fingerprint density at radius 1 is 1.22 bits per heavy atom. The molecule has 1 aromatic heterocycles. The number of rotatable bonds is 4. The highest BCUT2D eigenvalue weighted by Crippen LogP contribution is 2.39. The van der Waals surface area contributed by atoms with E-state index in [0.29, 0.717) is 10.6 Å². The van der Waals surface area contributed by atoms with E-state index in [-0.39, 0.29) is 11.4 Å². The second-order valence-corrected chi connectivity index (χ2v) is 6.35. The van der Waals surface area contributed by atoms with Gasteiger partial charge in [-0.05, 0) is 48.6 Å². The maximum Gasteiger partial charge on any atom is 0.339 e. The molecular formula is C17H14FNO3S. The molecule has 0 bridgehead atoms. The van der Waals surface area contributed by atoms with Crippen molar-refractivity contribution in [2.75, 3.05) is 5.32 Å². The van der Waals surface area contributed by atoms with Crippen molar-refractivity contribution in [3.8, 4) is 0 Å². The summed E-state index contributed by atoms with van der Waals surface area (Å²) in [6.07, 6.45) is 5.43. The average molecular weight is 331 g/mol. The summed E-state index contributed by atoms with van der Waals surface area (Å²) in [6.45, 7) is 0. The largest absolute Gasteiger partial charge is 0.478 e. The highest BCUT2D eigenvalue weighted by Gasteiger charge is 2.26. The van der Waals surface area contributed by atoms with Gasteiger partial charge in [-0.3, -0.25) is 4.79 Å². The van der Waals surface area contributed by atoms with Crippen molar-refractivity contribution in [3.05, 3.63) is 57.7 Å². The Bertz CT molecular complexity index is 793. The topological polar surface area (TPSA) is 66.4 Å². The summed E-state index contributed by atoms with van der Waals surface area (Å²) in [6, 6.07) is 5.73. The van der Waals surface area contributed by atoms with Crippen LogP contribution < -0.4 is 5.32 Å². The maximum atomic E-state index is 12.8. The Balaban J connectivity index is 1.76. The number of hydrogen-bond donors (Lipinski definition) is 2. The zero-order valence-corrected chi connectivity index (χ0v) is 13.0. The number of aryl methyl sites for hydroxylation is 1. The molecule has 0 atom stereocenters. The van der Waals surface area contributed by atoms with Crippen LogP contribution in [0.25, 0.3) is 6.08 Å². The summed E-state index contributed by atoms with van der Waals surface area (Å²) in [5, 5.41) is 12.4. The number of anilines is 1. The molecule has 6 heteroatoms. The Labute approximate surface area is 136 Å². The van der Waals surface area contributed by atoms with Gasteiger partial charge in [0, 0.05) is 11.0 Å². The SMILES string of the molecule is O=C(/C=C/c1ccc(F)cc1)Nc1sc2c(c1C(=O)O)CCC2. The monoisotopic (exact) mass is 331 g/mol. The van der Waals surface area contributed by atoms with Gasteiger partial charge in [0.2, 0.25) is 5.91 Å². The molecule has 1 heterocycles. The predicted molar refractivity (Wildman–Crippen MR) is 87.4 cm³/mol. The number of carboxylic acid groups (broad SMARTS) is 1. The smallest absolute Gasteiger partial charge is 0.339 e. The van der Waals surface area contributed by atoms with Crippen LogP contribution in [0.5, 0.6) is 0 Å². The van der Waals surface area contributed by atoms with Crippen LogP contribution in [-0.2, 0) is 17.6 Å². The van der Waals surface area contributed by atoms with Crippen molar-refractivity contribution < 1.29 is 19.1 Å². The molecule has 0 saturated heterocycles. The predicted octanol–water partition coefficient (Wildman–Crippen LogP) is 3.73. The second kappa shape index (κ2) is 6.34. The molecule has 3 rings (SSSR count). The third kappa shape index (κ3) is 3.32. The van der Waals surface area contributed by atoms with Crippen LogP contribution in [0.15, 0.2) is 30.3 Å². The highest BCUT2D eigenvalue weighted by molar-refractivity contribution is 7.17. The van der Waals surface area contributed by atoms with Crippen molar-refractivity contribution in [1.82, 2.24) is 0 Å². The first kappa shape index (κ1) is 15.4. The van der Waals surface area contributed by atoms with Crippen molar-refractivity contribution in [2.45, 2.75) is 19.3 Å². The van der Waals surface area contributed by atoms with Crippen LogP contribution >= 0.6 is 11.3 Å². The first-order valence-electron chi connectivity index (χ1n) is 7.17. The van der Waals surface area contributed by atoms with E-state index in [4.69, 9.17) is 0 Å². The van der Waals surface area contributed by atoms with E-state index in [0.717, 1.165) is 29.7 Å². The molecule has 0 radical (unpaired) electrons. The van der Waals surface area contributed by atoms with Crippen LogP contribution in [0.4, 0.5) is 9.39 Å². The number of halogens is 1. The summed E-state index contributed by atoms with van der Waals surface area (Å²) >= 11 is 1.33. The van der Waals surface area contributed by atoms with Crippen LogP contribution in [0.2, 0.25) is 0 Å². The number of carbonyl (C=O) groups excluding carboxylic acids is 1. The van der Waals surface area contributed by atoms with Gasteiger partial charge in [0.15, 0.2) is 0 Å². The molecule has 0 spiro atoms. The molecule has 1 amide bonds. The van der Waals surface area contributed by atoms with E-state index >= 15 is 0 Å². The third-order valence-electron chi connectivity index (χ3n) is 3.67. The molecule has 23 heavy (non-hydrogen) atoms. The minimum atomic E-state index is -1.01. The number of aromatic carboxylic acids is 1. The van der Waals surface area contributed by atoms with Gasteiger partial charge in [-0.25, -0.2) is 9.18 Å². The Morgan fingerprint density at radius 3 is 2.65 bits per heavy atom. The van der Waals surface area contributed by atoms with Gasteiger partial charge in [-0.2, -0.15) is 0 Å². The molecule has 2 N–H and O–H groups in total. The summed E-state index contributed by atoms with van der Waals surface area (Å²) in [4.78, 5) is 24.5. The molecule has 1 aliphatic carbocycles. The normalized spacial score (nSPS) is 13.3. The fraction of sp³-hybridized carbons (Fsp3) is 0.176. The van der Waals surface area contributed by atoms with E-state index in [9.17, 15) is 19.1 Å². The Kier molecular flexibility index (Phi) is 4.25. The lowest BCUT2D eigenvalue weighted by molar-refractivity contribution is -0.111. The van der Waals surface area contributed by atoms with Gasteiger partial charge < -0.3 is 10.4 Å². The Hall–Kier alpha value is -2.47. The number of thiophene rings is 1. The minimum absolute atomic E-state index is 0.214. The lowest BCUT2D eigenvalue weighted by atomic mass is 10.1. The van der Waals surface area contributed by atoms with Crippen LogP contribution in [0.3, 0.4) is 0 Å². The number of carboxylic acids is 1. The van der Waals surface area contributed by atoms with Gasteiger partial charge in [-0.15, -0.1) is 11.3 Å². The summed E-state index contributed by atoms with van der Waals surface area (Å²) < 4.78 is 12.8. The van der Waals surface area contributed by atoms with E-state index in [1.165, 1.54) is 29.5 Å². The maximum absolute atomic E-state index is 12.8. The fourth-order valence-corrected chi connectivity index (χ4v) is 3.90. The van der Waals surface area contributed by atoms with E-state index < -0.39 is 11.9 Å². The van der Waals surface area contributed by atoms with Gasteiger partial charge in [0.05, 0.1) is 5.56 Å². The van der Waals surface area contributed by atoms with Crippen molar-refractivity contribution >= 4 is 34.3 Å². The molecule has 0 unspecified atom stereocenters. The van der Waals surface area contributed by atoms with Crippen molar-refractivity contribution in [2.24, 2.45) is 0 Å². The number of benzene rings is 1. The first-order valence-corrected chi connectivity index (χ1v) is 7.98. The fourth-order valence-electron chi connectivity index (χ4n) is 2.62. The lowest BCUT2D eigenvalue weighted by Crippen LogP contribution is -2.10. The zero-order valence-electron chi connectivity index (χ0n) is 12.1. The number of carbonyl (C=O) groups is 2. The molecule has 0 fully saturated rings. The van der Waals surface area contributed by atoms with Gasteiger partial charge in [0.25, 0.3) is 0 Å². The minimum Gasteiger partial charge on any atom is -0.478 e. The summed E-state index contributed by atoms with van der Waals surface area (Å²) in [5.74, 6) is -1.76. The number of fused-ring (bicyclic) bond motifs is 1. The van der Waals surface area contributed by atoms with Crippen LogP contribution in [0, 0.1) is 5.82 Å². The van der Waals surface area contributed by atoms with Crippen LogP contribution in [0.1, 0.15) is 32.8 Å². The molecule has 1 aromatic carbocycles. The van der Waals surface area contributed by atoms with E-state index in [1.54, 1.807) is 18.2 Å². The second-order valence-electron chi connectivity index (χ2n) is 5.24. The number of amides is 1. The van der Waals surface area contributed by atoms with Gasteiger partial charge in [-0.1, -0.05) is 12.1 Å². The molecule has 1 aliphatic rings. The van der Waals surface area contributed by atoms with Crippen molar-refractivity contribution in [1.29, 1.82) is 0 Å². The molecular weight excluding hydrogens is 317 g/mol. The molecule has 118 valence electrons. The lowest BCUT2D eigenvalue weighted by Gasteiger charge is -2.02. The standard InChI is InChI=1S/C17H14FNO3S/c18-11-7-4-10(5-8-11)6-9-14(20)19-16-15(17(21)22)12-2-1-3-13(12)23-16/h4-9H,1-3H2,(H,19,20)(H,21,22)/b9-6+. The number of nitrogens with one attached hydrogen (secondary N) is 1. The molecule has 0 aliphatic heterocycles. The van der Waals surface area contributed by atoms with E-state index in [1.807, 2.05) is 0 Å². The molecule has 2 aromatic rings. The highest BCUT2D eigenvalue weighted by atomic mass is 32.1. The summed E-state index contributed by atoms with van der Waals surface area (Å²) in [7, 11) is 0. The van der Waals surface area contributed by atoms with Gasteiger partial charge >= 0.3 is 5.97 Å². The summed E-state index contributed by atoms with van der Waals surface area (Å²) in [5.41, 5.74) is 1.75. The van der Waals surface area contributed by atoms with Gasteiger partial charge in [0.1, 0.15) is 10.8 Å². The van der Waals surface area contributed by atoms with E-state index in [2.05, 4.69) is 5.32 Å². The quantitative estimate of drug-likeness (QED) is 0.839. The Morgan fingerprint density at radius 2 is 1.96 bits per heavy atom. The molecule has 4 nitrogen and oxygen atoms in total. The average Bonchev–Trinajstić information content (AvgIpc) is 3.06. The molecule has 0 saturated carbocycles. The number of hydrogen-bond acceptors (Lipinski definition) is 3. The van der Waals surface area contributed by atoms with Crippen molar-refractivity contribution in [3.63, 3.8) is 0 Å².